The van der Waals surface area contributed by atoms with E-state index >= 15 is 0 Å². The van der Waals surface area contributed by atoms with Crippen LogP contribution in [0.15, 0.2) is 15.0 Å². The van der Waals surface area contributed by atoms with Gasteiger partial charge in [0.1, 0.15) is 0 Å². The molecule has 0 spiro atoms. The second-order valence-electron chi connectivity index (χ2n) is 1.85. The lowest BCUT2D eigenvalue weighted by Gasteiger charge is -1.99. The van der Waals surface area contributed by atoms with Crippen molar-refractivity contribution in [3.63, 3.8) is 0 Å². The van der Waals surface area contributed by atoms with E-state index in [1.54, 1.807) is 6.07 Å². The molecule has 0 saturated heterocycles. The number of hydrogen-bond acceptors (Lipinski definition) is 4. The van der Waals surface area contributed by atoms with Crippen LogP contribution >= 0.6 is 38.9 Å². The van der Waals surface area contributed by atoms with Gasteiger partial charge in [0.15, 0.2) is 5.84 Å². The highest BCUT2D eigenvalue weighted by Gasteiger charge is 2.10. The highest BCUT2D eigenvalue weighted by molar-refractivity contribution is 9.11. The molecule has 0 aliphatic heterocycles. The lowest BCUT2D eigenvalue weighted by atomic mass is 10.4. The van der Waals surface area contributed by atoms with Crippen LogP contribution in [0.2, 0.25) is 5.02 Å². The molecule has 1 heterocycles. The molecule has 66 valence electrons. The third-order valence-electron chi connectivity index (χ3n) is 1.14. The quantitative estimate of drug-likeness (QED) is 0.311. The van der Waals surface area contributed by atoms with E-state index in [0.717, 1.165) is 3.79 Å². The Balaban J connectivity index is 3.09. The summed E-state index contributed by atoms with van der Waals surface area (Å²) in [6.45, 7) is 0. The first-order chi connectivity index (χ1) is 5.69. The summed E-state index contributed by atoms with van der Waals surface area (Å²) in [5.74, 6) is 10.6. The second kappa shape index (κ2) is 4.08. The molecule has 0 amide bonds. The van der Waals surface area contributed by atoms with Gasteiger partial charge in [0.25, 0.3) is 0 Å². The summed E-state index contributed by atoms with van der Waals surface area (Å²) in [6, 6.07) is 1.75. The summed E-state index contributed by atoms with van der Waals surface area (Å²) < 4.78 is 0.902. The van der Waals surface area contributed by atoms with Gasteiger partial charge < -0.3 is 11.3 Å². The van der Waals surface area contributed by atoms with Crippen LogP contribution in [0.1, 0.15) is 4.88 Å². The Bertz CT molecular complexity index is 310. The van der Waals surface area contributed by atoms with Crippen molar-refractivity contribution in [1.29, 1.82) is 0 Å². The standard InChI is InChI=1S/C5H6BrClN4S/c6-3-1-2(7)4(12-3)5(10-8)11-9/h1H,8-9H2,(H,10,11). The van der Waals surface area contributed by atoms with Crippen molar-refractivity contribution < 1.29 is 0 Å². The minimum absolute atomic E-state index is 0.371. The zero-order valence-electron chi connectivity index (χ0n) is 5.84. The maximum absolute atomic E-state index is 5.85. The van der Waals surface area contributed by atoms with Gasteiger partial charge >= 0.3 is 0 Å². The van der Waals surface area contributed by atoms with E-state index in [2.05, 4.69) is 26.5 Å². The number of thiophene rings is 1. The van der Waals surface area contributed by atoms with E-state index in [0.29, 0.717) is 15.7 Å². The molecule has 0 aliphatic carbocycles. The summed E-state index contributed by atoms with van der Waals surface area (Å²) in [7, 11) is 0. The van der Waals surface area contributed by atoms with Gasteiger partial charge in [0.05, 0.1) is 13.7 Å². The van der Waals surface area contributed by atoms with Gasteiger partial charge in [0, 0.05) is 0 Å². The Labute approximate surface area is 86.7 Å². The van der Waals surface area contributed by atoms with Gasteiger partial charge in [0.2, 0.25) is 0 Å². The highest BCUT2D eigenvalue weighted by Crippen LogP contribution is 2.30. The van der Waals surface area contributed by atoms with E-state index in [1.165, 1.54) is 11.3 Å². The largest absolute Gasteiger partial charge is 0.321 e. The zero-order valence-corrected chi connectivity index (χ0v) is 9.00. The summed E-state index contributed by atoms with van der Waals surface area (Å²) in [5.41, 5.74) is 2.35. The lowest BCUT2D eigenvalue weighted by molar-refractivity contribution is 1.01. The average Bonchev–Trinajstić information content (AvgIpc) is 2.34. The number of hydrogen-bond donors (Lipinski definition) is 3. The molecule has 1 rings (SSSR count). The number of halogens is 2. The molecule has 0 radical (unpaired) electrons. The van der Waals surface area contributed by atoms with Crippen molar-refractivity contribution in [3.8, 4) is 0 Å². The number of nitrogens with zero attached hydrogens (tertiary/aromatic N) is 1. The average molecular weight is 270 g/mol. The van der Waals surface area contributed by atoms with Crippen LogP contribution in [0.25, 0.3) is 0 Å². The minimum Gasteiger partial charge on any atom is -0.321 e. The maximum Gasteiger partial charge on any atom is 0.178 e. The molecule has 5 N–H and O–H groups in total. The van der Waals surface area contributed by atoms with Crippen LogP contribution in [0.3, 0.4) is 0 Å². The fourth-order valence-corrected chi connectivity index (χ4v) is 2.63. The molecule has 0 atom stereocenters. The molecule has 0 aliphatic rings. The van der Waals surface area contributed by atoms with Gasteiger partial charge in [-0.3, -0.25) is 0 Å². The Morgan fingerprint density at radius 2 is 2.42 bits per heavy atom. The molecule has 0 bridgehead atoms. The van der Waals surface area contributed by atoms with Crippen molar-refractivity contribution in [1.82, 2.24) is 5.43 Å². The topological polar surface area (TPSA) is 76.4 Å². The number of rotatable bonds is 1. The van der Waals surface area contributed by atoms with E-state index in [4.69, 9.17) is 23.3 Å². The zero-order chi connectivity index (χ0) is 9.14. The van der Waals surface area contributed by atoms with Crippen LogP contribution in [0.4, 0.5) is 0 Å². The summed E-state index contributed by atoms with van der Waals surface area (Å²) in [5, 5.41) is 4.00. The highest BCUT2D eigenvalue weighted by atomic mass is 79.9. The van der Waals surface area contributed by atoms with Crippen LogP contribution < -0.4 is 17.1 Å². The fourth-order valence-electron chi connectivity index (χ4n) is 0.664. The van der Waals surface area contributed by atoms with Gasteiger partial charge in [-0.1, -0.05) is 11.6 Å². The molecule has 7 heteroatoms. The van der Waals surface area contributed by atoms with Crippen molar-refractivity contribution in [2.24, 2.45) is 16.8 Å². The predicted molar refractivity (Wildman–Crippen MR) is 55.1 cm³/mol. The SMILES string of the molecule is N/N=C(\NN)c1sc(Br)cc1Cl. The normalized spacial score (nSPS) is 11.8. The number of amidine groups is 1. The summed E-state index contributed by atoms with van der Waals surface area (Å²) >= 11 is 10.5. The van der Waals surface area contributed by atoms with Gasteiger partial charge in [-0.2, -0.15) is 5.10 Å². The van der Waals surface area contributed by atoms with E-state index < -0.39 is 0 Å². The molecule has 12 heavy (non-hydrogen) atoms. The summed E-state index contributed by atoms with van der Waals surface area (Å²) in [4.78, 5) is 0.716. The Hall–Kier alpha value is -0.300. The molecular weight excluding hydrogens is 264 g/mol. The van der Waals surface area contributed by atoms with Crippen LogP contribution in [0, 0.1) is 0 Å². The Morgan fingerprint density at radius 1 is 1.75 bits per heavy atom. The van der Waals surface area contributed by atoms with Crippen LogP contribution in [0.5, 0.6) is 0 Å². The number of nitrogens with two attached hydrogens (primary N) is 2. The third-order valence-corrected chi connectivity index (χ3v) is 3.19. The third kappa shape index (κ3) is 1.89. The maximum atomic E-state index is 5.85. The van der Waals surface area contributed by atoms with Crippen LogP contribution in [-0.2, 0) is 0 Å². The monoisotopic (exact) mass is 268 g/mol. The smallest absolute Gasteiger partial charge is 0.178 e. The Kier molecular flexibility index (Phi) is 3.33. The van der Waals surface area contributed by atoms with Crippen molar-refractivity contribution in [2.45, 2.75) is 0 Å². The number of hydrazone groups is 1. The Morgan fingerprint density at radius 3 is 2.75 bits per heavy atom. The minimum atomic E-state index is 0.371. The molecular formula is C5H6BrClN4S. The molecule has 0 unspecified atom stereocenters. The number of nitrogens with one attached hydrogen (secondary N) is 1. The molecule has 0 aromatic carbocycles. The van der Waals surface area contributed by atoms with Crippen molar-refractivity contribution in [2.75, 3.05) is 0 Å². The van der Waals surface area contributed by atoms with E-state index in [-0.39, 0.29) is 0 Å². The van der Waals surface area contributed by atoms with E-state index in [9.17, 15) is 0 Å². The van der Waals surface area contributed by atoms with Crippen molar-refractivity contribution >= 4 is 44.7 Å². The van der Waals surface area contributed by atoms with E-state index in [1.807, 2.05) is 0 Å². The first-order valence-corrected chi connectivity index (χ1v) is 4.87. The first-order valence-electron chi connectivity index (χ1n) is 2.88. The second-order valence-corrected chi connectivity index (χ2v) is 4.69. The predicted octanol–water partition coefficient (Wildman–Crippen LogP) is 1.25. The first kappa shape index (κ1) is 9.79. The molecule has 0 saturated carbocycles. The molecule has 1 aromatic rings. The number of hydrazine groups is 1. The van der Waals surface area contributed by atoms with Crippen LogP contribution in [-0.4, -0.2) is 5.84 Å². The van der Waals surface area contributed by atoms with Gasteiger partial charge in [-0.25, -0.2) is 5.84 Å². The molecule has 4 nitrogen and oxygen atoms in total. The van der Waals surface area contributed by atoms with Gasteiger partial charge in [-0.05, 0) is 22.0 Å². The molecule has 0 fully saturated rings. The van der Waals surface area contributed by atoms with Gasteiger partial charge in [-0.15, -0.1) is 11.3 Å². The molecule has 1 aromatic heterocycles. The fraction of sp³-hybridized carbons (Fsp3) is 0. The lowest BCUT2D eigenvalue weighted by Crippen LogP contribution is -2.31. The summed E-state index contributed by atoms with van der Waals surface area (Å²) in [6.07, 6.45) is 0. The van der Waals surface area contributed by atoms with Crippen molar-refractivity contribution in [3.05, 3.63) is 19.8 Å².